The highest BCUT2D eigenvalue weighted by molar-refractivity contribution is 4.92. The van der Waals surface area contributed by atoms with Crippen LogP contribution in [0.15, 0.2) is 12.2 Å². The van der Waals surface area contributed by atoms with E-state index in [9.17, 15) is 0 Å². The summed E-state index contributed by atoms with van der Waals surface area (Å²) in [7, 11) is 0. The van der Waals surface area contributed by atoms with Crippen molar-refractivity contribution in [2.75, 3.05) is 13.2 Å². The summed E-state index contributed by atoms with van der Waals surface area (Å²) in [4.78, 5) is 0. The molecule has 0 heterocycles. The Balaban J connectivity index is 1.60. The van der Waals surface area contributed by atoms with Crippen molar-refractivity contribution in [3.63, 3.8) is 0 Å². The molecular weight excluding hydrogens is 280 g/mol. The number of allylic oxidation sites excluding steroid dienone is 1. The zero-order chi connectivity index (χ0) is 16.3. The van der Waals surface area contributed by atoms with Gasteiger partial charge in [0.2, 0.25) is 0 Å². The van der Waals surface area contributed by atoms with Crippen molar-refractivity contribution in [1.29, 1.82) is 0 Å². The van der Waals surface area contributed by atoms with E-state index < -0.39 is 0 Å². The van der Waals surface area contributed by atoms with E-state index in [2.05, 4.69) is 26.0 Å². The number of rotatable bonds is 9. The van der Waals surface area contributed by atoms with Gasteiger partial charge in [-0.05, 0) is 69.1 Å². The molecule has 0 aromatic carbocycles. The van der Waals surface area contributed by atoms with E-state index in [0.717, 1.165) is 36.9 Å². The molecule has 2 aliphatic carbocycles. The zero-order valence-corrected chi connectivity index (χ0v) is 15.8. The van der Waals surface area contributed by atoms with E-state index in [1.165, 1.54) is 77.0 Å². The molecule has 0 spiro atoms. The summed E-state index contributed by atoms with van der Waals surface area (Å²) in [5.74, 6) is 4.00. The van der Waals surface area contributed by atoms with E-state index in [4.69, 9.17) is 4.74 Å². The van der Waals surface area contributed by atoms with Crippen LogP contribution in [0, 0.1) is 23.7 Å². The fourth-order valence-electron chi connectivity index (χ4n) is 4.87. The monoisotopic (exact) mass is 320 g/mol. The Hall–Kier alpha value is -0.300. The Labute approximate surface area is 145 Å². The minimum absolute atomic E-state index is 0.804. The average molecular weight is 321 g/mol. The van der Waals surface area contributed by atoms with Crippen LogP contribution in [-0.2, 0) is 4.74 Å². The molecule has 2 aliphatic rings. The van der Waals surface area contributed by atoms with Gasteiger partial charge in [0.05, 0.1) is 6.61 Å². The lowest BCUT2D eigenvalue weighted by molar-refractivity contribution is 0.151. The highest BCUT2D eigenvalue weighted by Crippen LogP contribution is 2.42. The molecule has 0 unspecified atom stereocenters. The number of hydrogen-bond acceptors (Lipinski definition) is 1. The minimum Gasteiger partial charge on any atom is -0.378 e. The Morgan fingerprint density at radius 2 is 1.48 bits per heavy atom. The normalized spacial score (nSPS) is 32.4. The fourth-order valence-corrected chi connectivity index (χ4v) is 4.87. The smallest absolute Gasteiger partial charge is 0.0647 e. The average Bonchev–Trinajstić information content (AvgIpc) is 2.60. The highest BCUT2D eigenvalue weighted by atomic mass is 16.5. The zero-order valence-electron chi connectivity index (χ0n) is 15.8. The maximum atomic E-state index is 5.40. The molecule has 2 rings (SSSR count). The van der Waals surface area contributed by atoms with Gasteiger partial charge in [0.1, 0.15) is 0 Å². The van der Waals surface area contributed by atoms with Crippen molar-refractivity contribution in [2.24, 2.45) is 23.7 Å². The van der Waals surface area contributed by atoms with Crippen LogP contribution in [0.3, 0.4) is 0 Å². The van der Waals surface area contributed by atoms with Crippen molar-refractivity contribution in [1.82, 2.24) is 0 Å². The first-order chi connectivity index (χ1) is 11.3. The van der Waals surface area contributed by atoms with E-state index in [0.29, 0.717) is 0 Å². The van der Waals surface area contributed by atoms with Gasteiger partial charge in [0.25, 0.3) is 0 Å². The number of unbranched alkanes of at least 4 members (excludes halogenated alkanes) is 2. The van der Waals surface area contributed by atoms with Crippen LogP contribution in [-0.4, -0.2) is 13.2 Å². The summed E-state index contributed by atoms with van der Waals surface area (Å²) in [6, 6.07) is 0. The predicted molar refractivity (Wildman–Crippen MR) is 101 cm³/mol. The quantitative estimate of drug-likeness (QED) is 0.336. The molecule has 0 bridgehead atoms. The lowest BCUT2D eigenvalue weighted by Gasteiger charge is -2.37. The van der Waals surface area contributed by atoms with Gasteiger partial charge >= 0.3 is 0 Å². The molecule has 0 radical (unpaired) electrons. The molecule has 134 valence electrons. The molecule has 0 amide bonds. The molecule has 23 heavy (non-hydrogen) atoms. The Morgan fingerprint density at radius 1 is 0.826 bits per heavy atom. The molecule has 2 saturated carbocycles. The topological polar surface area (TPSA) is 9.23 Å². The van der Waals surface area contributed by atoms with Crippen LogP contribution in [0.5, 0.6) is 0 Å². The molecule has 0 saturated heterocycles. The molecule has 0 atom stereocenters. The summed E-state index contributed by atoms with van der Waals surface area (Å²) in [5.41, 5.74) is 0. The lowest BCUT2D eigenvalue weighted by atomic mass is 9.68. The minimum atomic E-state index is 0.804. The molecule has 0 aromatic heterocycles. The molecule has 0 N–H and O–H groups in total. The Bertz CT molecular complexity index is 306. The van der Waals surface area contributed by atoms with Crippen LogP contribution < -0.4 is 0 Å². The van der Waals surface area contributed by atoms with Crippen LogP contribution >= 0.6 is 0 Å². The van der Waals surface area contributed by atoms with Crippen molar-refractivity contribution in [3.8, 4) is 0 Å². The first kappa shape index (κ1) is 19.0. The molecule has 1 nitrogen and oxygen atoms in total. The second-order valence-corrected chi connectivity index (χ2v) is 8.04. The second kappa shape index (κ2) is 11.3. The van der Waals surface area contributed by atoms with Gasteiger partial charge in [0.15, 0.2) is 0 Å². The Kier molecular flexibility index (Phi) is 9.34. The SMILES string of the molecule is CCCCC[C@H]1CC[C@H]([C@H]2CC[C@H](/C=C/COCC)CC2)CC1. The molecular formula is C22H40O. The highest BCUT2D eigenvalue weighted by Gasteiger charge is 2.30. The Morgan fingerprint density at radius 3 is 2.09 bits per heavy atom. The molecule has 1 heteroatoms. The third-order valence-corrected chi connectivity index (χ3v) is 6.42. The number of hydrogen-bond donors (Lipinski definition) is 0. The first-order valence-corrected chi connectivity index (χ1v) is 10.6. The van der Waals surface area contributed by atoms with Crippen molar-refractivity contribution in [3.05, 3.63) is 12.2 Å². The first-order valence-electron chi connectivity index (χ1n) is 10.6. The van der Waals surface area contributed by atoms with Gasteiger partial charge in [-0.1, -0.05) is 57.6 Å². The summed E-state index contributed by atoms with van der Waals surface area (Å²) in [6.45, 7) is 6.02. The summed E-state index contributed by atoms with van der Waals surface area (Å²) in [6.07, 6.45) is 22.4. The lowest BCUT2D eigenvalue weighted by Crippen LogP contribution is -2.25. The fraction of sp³-hybridized carbons (Fsp3) is 0.909. The molecule has 2 fully saturated rings. The van der Waals surface area contributed by atoms with E-state index in [-0.39, 0.29) is 0 Å². The summed E-state index contributed by atoms with van der Waals surface area (Å²) < 4.78 is 5.40. The van der Waals surface area contributed by atoms with Gasteiger partial charge in [-0.2, -0.15) is 0 Å². The van der Waals surface area contributed by atoms with Crippen LogP contribution in [0.2, 0.25) is 0 Å². The van der Waals surface area contributed by atoms with Gasteiger partial charge in [0, 0.05) is 6.61 Å². The predicted octanol–water partition coefficient (Wildman–Crippen LogP) is 6.77. The third-order valence-electron chi connectivity index (χ3n) is 6.42. The summed E-state index contributed by atoms with van der Waals surface area (Å²) in [5, 5.41) is 0. The van der Waals surface area contributed by atoms with Crippen molar-refractivity contribution >= 4 is 0 Å². The summed E-state index contributed by atoms with van der Waals surface area (Å²) >= 11 is 0. The van der Waals surface area contributed by atoms with Gasteiger partial charge in [-0.25, -0.2) is 0 Å². The third kappa shape index (κ3) is 6.99. The van der Waals surface area contributed by atoms with Crippen LogP contribution in [0.4, 0.5) is 0 Å². The molecule has 0 aliphatic heterocycles. The van der Waals surface area contributed by atoms with Gasteiger partial charge < -0.3 is 4.74 Å². The van der Waals surface area contributed by atoms with Crippen molar-refractivity contribution in [2.45, 2.75) is 90.9 Å². The standard InChI is InChI=1S/C22H40O/c1-3-5-6-8-19-10-14-21(15-11-19)22-16-12-20(13-17-22)9-7-18-23-4-2/h7,9,19-22H,3-6,8,10-18H2,1-2H3/b9-7+/t19-,20-,21-,22-. The van der Waals surface area contributed by atoms with Crippen molar-refractivity contribution < 1.29 is 4.74 Å². The largest absolute Gasteiger partial charge is 0.378 e. The second-order valence-electron chi connectivity index (χ2n) is 8.04. The number of ether oxygens (including phenoxy) is 1. The van der Waals surface area contributed by atoms with E-state index >= 15 is 0 Å². The van der Waals surface area contributed by atoms with Gasteiger partial charge in [-0.3, -0.25) is 0 Å². The van der Waals surface area contributed by atoms with Crippen LogP contribution in [0.25, 0.3) is 0 Å². The maximum Gasteiger partial charge on any atom is 0.0647 e. The van der Waals surface area contributed by atoms with Gasteiger partial charge in [-0.15, -0.1) is 0 Å². The van der Waals surface area contributed by atoms with E-state index in [1.807, 2.05) is 0 Å². The van der Waals surface area contributed by atoms with Crippen LogP contribution in [0.1, 0.15) is 90.9 Å². The van der Waals surface area contributed by atoms with E-state index in [1.54, 1.807) is 0 Å². The maximum absolute atomic E-state index is 5.40. The molecule has 0 aromatic rings.